The maximum atomic E-state index is 13.2. The zero-order valence-corrected chi connectivity index (χ0v) is 8.25. The van der Waals surface area contributed by atoms with Crippen LogP contribution >= 0.6 is 15.9 Å². The van der Waals surface area contributed by atoms with Gasteiger partial charge in [-0.3, -0.25) is 0 Å². The average molecular weight is 261 g/mol. The van der Waals surface area contributed by atoms with Gasteiger partial charge in [-0.25, -0.2) is 8.78 Å². The van der Waals surface area contributed by atoms with Crippen LogP contribution in [0.1, 0.15) is 0 Å². The number of benzene rings is 1. The summed E-state index contributed by atoms with van der Waals surface area (Å²) < 4.78 is 30.8. The normalized spacial score (nSPS) is 10.5. The summed E-state index contributed by atoms with van der Waals surface area (Å²) in [6.07, 6.45) is 0. The highest BCUT2D eigenvalue weighted by molar-refractivity contribution is 9.10. The van der Waals surface area contributed by atoms with Crippen molar-refractivity contribution in [2.75, 3.05) is 0 Å². The standard InChI is InChI=1S/C8H3BrF2N2O/c9-8-12-7(14-13-8)4-2-1-3-5(10)6(4)11/h1-3H. The van der Waals surface area contributed by atoms with Crippen LogP contribution in [-0.4, -0.2) is 10.1 Å². The van der Waals surface area contributed by atoms with E-state index < -0.39 is 11.6 Å². The van der Waals surface area contributed by atoms with Crippen molar-refractivity contribution < 1.29 is 13.3 Å². The lowest BCUT2D eigenvalue weighted by Crippen LogP contribution is -1.88. The van der Waals surface area contributed by atoms with Gasteiger partial charge in [-0.05, 0) is 33.2 Å². The van der Waals surface area contributed by atoms with E-state index in [0.717, 1.165) is 6.07 Å². The molecule has 72 valence electrons. The number of nitrogens with zero attached hydrogens (tertiary/aromatic N) is 2. The molecule has 0 aliphatic carbocycles. The summed E-state index contributed by atoms with van der Waals surface area (Å²) >= 11 is 2.94. The van der Waals surface area contributed by atoms with Crippen LogP contribution in [0.2, 0.25) is 0 Å². The van der Waals surface area contributed by atoms with Crippen LogP contribution in [0.15, 0.2) is 27.5 Å². The van der Waals surface area contributed by atoms with Gasteiger partial charge in [-0.2, -0.15) is 4.98 Å². The van der Waals surface area contributed by atoms with E-state index in [1.807, 2.05) is 0 Å². The van der Waals surface area contributed by atoms with Crippen LogP contribution in [0.5, 0.6) is 0 Å². The van der Waals surface area contributed by atoms with Crippen molar-refractivity contribution in [3.8, 4) is 11.5 Å². The quantitative estimate of drug-likeness (QED) is 0.792. The molecule has 0 saturated heterocycles. The van der Waals surface area contributed by atoms with E-state index in [1.54, 1.807) is 0 Å². The molecule has 0 radical (unpaired) electrons. The molecule has 1 aromatic carbocycles. The minimum Gasteiger partial charge on any atom is -0.333 e. The van der Waals surface area contributed by atoms with Crippen molar-refractivity contribution in [3.05, 3.63) is 34.6 Å². The third-order valence-electron chi connectivity index (χ3n) is 1.58. The van der Waals surface area contributed by atoms with Crippen molar-refractivity contribution in [3.63, 3.8) is 0 Å². The van der Waals surface area contributed by atoms with Gasteiger partial charge in [-0.15, -0.1) is 0 Å². The van der Waals surface area contributed by atoms with Crippen molar-refractivity contribution in [2.45, 2.75) is 0 Å². The molecular formula is C8H3BrF2N2O. The van der Waals surface area contributed by atoms with Crippen molar-refractivity contribution >= 4 is 15.9 Å². The van der Waals surface area contributed by atoms with Crippen LogP contribution < -0.4 is 0 Å². The first-order chi connectivity index (χ1) is 6.68. The molecule has 0 spiro atoms. The van der Waals surface area contributed by atoms with Gasteiger partial charge in [0.1, 0.15) is 0 Å². The highest BCUT2D eigenvalue weighted by Crippen LogP contribution is 2.23. The molecule has 0 unspecified atom stereocenters. The van der Waals surface area contributed by atoms with Crippen LogP contribution in [-0.2, 0) is 0 Å². The maximum Gasteiger partial charge on any atom is 0.261 e. The molecule has 14 heavy (non-hydrogen) atoms. The predicted molar refractivity (Wildman–Crippen MR) is 47.3 cm³/mol. The van der Waals surface area contributed by atoms with Gasteiger partial charge < -0.3 is 4.52 Å². The zero-order valence-electron chi connectivity index (χ0n) is 6.67. The first kappa shape index (κ1) is 9.26. The summed E-state index contributed by atoms with van der Waals surface area (Å²) in [5.74, 6) is -2.01. The Balaban J connectivity index is 2.57. The number of aromatic nitrogens is 2. The largest absolute Gasteiger partial charge is 0.333 e. The average Bonchev–Trinajstić information content (AvgIpc) is 2.57. The summed E-state index contributed by atoms with van der Waals surface area (Å²) in [5.41, 5.74) is -0.0526. The van der Waals surface area contributed by atoms with E-state index in [1.165, 1.54) is 12.1 Å². The molecule has 0 saturated carbocycles. The molecule has 0 fully saturated rings. The zero-order chi connectivity index (χ0) is 10.1. The third kappa shape index (κ3) is 1.52. The number of hydrogen-bond acceptors (Lipinski definition) is 3. The first-order valence-corrected chi connectivity index (χ1v) is 4.41. The van der Waals surface area contributed by atoms with E-state index in [-0.39, 0.29) is 16.2 Å². The molecule has 0 bridgehead atoms. The monoisotopic (exact) mass is 260 g/mol. The van der Waals surface area contributed by atoms with Gasteiger partial charge in [0, 0.05) is 0 Å². The Morgan fingerprint density at radius 2 is 2.07 bits per heavy atom. The van der Waals surface area contributed by atoms with Crippen LogP contribution in [0.4, 0.5) is 8.78 Å². The molecule has 2 aromatic rings. The van der Waals surface area contributed by atoms with Gasteiger partial charge in [0.15, 0.2) is 11.6 Å². The highest BCUT2D eigenvalue weighted by atomic mass is 79.9. The molecule has 0 aliphatic rings. The second-order valence-corrected chi connectivity index (χ2v) is 3.18. The maximum absolute atomic E-state index is 13.2. The van der Waals surface area contributed by atoms with E-state index in [9.17, 15) is 8.78 Å². The minimum absolute atomic E-state index is 0.0526. The van der Waals surface area contributed by atoms with Gasteiger partial charge in [0.05, 0.1) is 5.56 Å². The summed E-state index contributed by atoms with van der Waals surface area (Å²) in [7, 11) is 0. The Kier molecular flexibility index (Phi) is 2.28. The molecule has 0 aliphatic heterocycles. The Bertz CT molecular complexity index is 472. The van der Waals surface area contributed by atoms with E-state index in [4.69, 9.17) is 0 Å². The van der Waals surface area contributed by atoms with Gasteiger partial charge >= 0.3 is 0 Å². The second-order valence-electron chi connectivity index (χ2n) is 2.47. The van der Waals surface area contributed by atoms with Crippen LogP contribution in [0.3, 0.4) is 0 Å². The molecule has 0 amide bonds. The lowest BCUT2D eigenvalue weighted by atomic mass is 10.2. The molecule has 1 aromatic heterocycles. The summed E-state index contributed by atoms with van der Waals surface area (Å²) in [4.78, 5) is 3.72. The molecule has 3 nitrogen and oxygen atoms in total. The van der Waals surface area contributed by atoms with Crippen molar-refractivity contribution in [1.29, 1.82) is 0 Å². The smallest absolute Gasteiger partial charge is 0.261 e. The fraction of sp³-hybridized carbons (Fsp3) is 0. The van der Waals surface area contributed by atoms with Crippen LogP contribution in [0.25, 0.3) is 11.5 Å². The molecule has 2 rings (SSSR count). The number of hydrogen-bond donors (Lipinski definition) is 0. The first-order valence-electron chi connectivity index (χ1n) is 3.62. The summed E-state index contributed by atoms with van der Waals surface area (Å²) in [5, 5.41) is 3.41. The summed E-state index contributed by atoms with van der Waals surface area (Å²) in [6.45, 7) is 0. The Hall–Kier alpha value is -1.30. The number of rotatable bonds is 1. The van der Waals surface area contributed by atoms with Gasteiger partial charge in [0.2, 0.25) is 4.73 Å². The molecule has 0 N–H and O–H groups in total. The Morgan fingerprint density at radius 3 is 2.71 bits per heavy atom. The van der Waals surface area contributed by atoms with Gasteiger partial charge in [-0.1, -0.05) is 6.07 Å². The Labute approximate surface area is 85.9 Å². The van der Waals surface area contributed by atoms with Crippen LogP contribution in [0, 0.1) is 11.6 Å². The molecule has 0 atom stereocenters. The van der Waals surface area contributed by atoms with Gasteiger partial charge in [0.25, 0.3) is 5.89 Å². The second kappa shape index (κ2) is 3.45. The predicted octanol–water partition coefficient (Wildman–Crippen LogP) is 2.78. The number of halogens is 3. The molecular weight excluding hydrogens is 258 g/mol. The van der Waals surface area contributed by atoms with E-state index in [0.29, 0.717) is 0 Å². The third-order valence-corrected chi connectivity index (χ3v) is 1.91. The minimum atomic E-state index is -0.997. The lowest BCUT2D eigenvalue weighted by Gasteiger charge is -1.96. The van der Waals surface area contributed by atoms with Crippen molar-refractivity contribution in [2.24, 2.45) is 0 Å². The molecule has 1 heterocycles. The van der Waals surface area contributed by atoms with E-state index in [2.05, 4.69) is 30.6 Å². The SMILES string of the molecule is Fc1cccc(-c2nc(Br)no2)c1F. The fourth-order valence-corrected chi connectivity index (χ4v) is 1.22. The lowest BCUT2D eigenvalue weighted by molar-refractivity contribution is 0.421. The van der Waals surface area contributed by atoms with E-state index >= 15 is 0 Å². The van der Waals surface area contributed by atoms with Crippen molar-refractivity contribution in [1.82, 2.24) is 10.1 Å². The summed E-state index contributed by atoms with van der Waals surface area (Å²) in [6, 6.07) is 3.74. The Morgan fingerprint density at radius 1 is 1.29 bits per heavy atom. The molecule has 6 heteroatoms. The fourth-order valence-electron chi connectivity index (χ4n) is 0.984. The highest BCUT2D eigenvalue weighted by Gasteiger charge is 2.14. The topological polar surface area (TPSA) is 38.9 Å².